The molecule has 8 nitrogen and oxygen atoms in total. The van der Waals surface area contributed by atoms with E-state index in [2.05, 4.69) is 17.1 Å². The molecule has 4 rings (SSSR count). The second kappa shape index (κ2) is 7.43. The Morgan fingerprint density at radius 1 is 1.28 bits per heavy atom. The monoisotopic (exact) mass is 388 g/mol. The highest BCUT2D eigenvalue weighted by atomic mass is 16.6. The van der Waals surface area contributed by atoms with Crippen molar-refractivity contribution in [1.82, 2.24) is 9.99 Å². The molecule has 0 saturated heterocycles. The van der Waals surface area contributed by atoms with Crippen molar-refractivity contribution in [2.24, 2.45) is 5.10 Å². The highest BCUT2D eigenvalue weighted by Crippen LogP contribution is 2.24. The molecule has 0 atom stereocenters. The van der Waals surface area contributed by atoms with Crippen molar-refractivity contribution in [1.29, 1.82) is 0 Å². The maximum absolute atomic E-state index is 12.3. The summed E-state index contributed by atoms with van der Waals surface area (Å²) in [7, 11) is 0. The normalized spacial score (nSPS) is 11.3. The molecule has 2 aromatic carbocycles. The summed E-state index contributed by atoms with van der Waals surface area (Å²) in [6.07, 6.45) is 5.30. The molecule has 29 heavy (non-hydrogen) atoms. The van der Waals surface area contributed by atoms with E-state index in [9.17, 15) is 14.9 Å². The molecular formula is C21H16N4O4. The van der Waals surface area contributed by atoms with Crippen LogP contribution in [-0.4, -0.2) is 21.6 Å². The Morgan fingerprint density at radius 2 is 2.10 bits per heavy atom. The van der Waals surface area contributed by atoms with Gasteiger partial charge in [-0.15, -0.1) is 6.58 Å². The minimum absolute atomic E-state index is 0.0201. The van der Waals surface area contributed by atoms with Crippen molar-refractivity contribution in [2.45, 2.75) is 6.54 Å². The second-order valence-electron chi connectivity index (χ2n) is 6.33. The van der Waals surface area contributed by atoms with Gasteiger partial charge >= 0.3 is 5.91 Å². The largest absolute Gasteiger partial charge is 0.451 e. The predicted molar refractivity (Wildman–Crippen MR) is 110 cm³/mol. The zero-order valence-corrected chi connectivity index (χ0v) is 15.2. The zero-order chi connectivity index (χ0) is 20.4. The molecule has 0 aliphatic rings. The smallest absolute Gasteiger partial charge is 0.307 e. The van der Waals surface area contributed by atoms with Gasteiger partial charge in [-0.2, -0.15) is 5.10 Å². The predicted octanol–water partition coefficient (Wildman–Crippen LogP) is 4.25. The summed E-state index contributed by atoms with van der Waals surface area (Å²) in [5.41, 5.74) is 4.63. The Morgan fingerprint density at radius 3 is 2.90 bits per heavy atom. The summed E-state index contributed by atoms with van der Waals surface area (Å²) in [5, 5.41) is 16.4. The fourth-order valence-electron chi connectivity index (χ4n) is 3.14. The van der Waals surface area contributed by atoms with Gasteiger partial charge in [0.1, 0.15) is 5.58 Å². The lowest BCUT2D eigenvalue weighted by atomic mass is 10.2. The molecule has 0 aliphatic heterocycles. The Hall–Kier alpha value is -4.20. The van der Waals surface area contributed by atoms with Crippen molar-refractivity contribution in [3.05, 3.63) is 88.8 Å². The molecule has 1 amide bonds. The molecular weight excluding hydrogens is 372 g/mol. The number of hydrogen-bond donors (Lipinski definition) is 1. The number of furan rings is 1. The van der Waals surface area contributed by atoms with Crippen LogP contribution in [0.2, 0.25) is 0 Å². The number of nitrogens with zero attached hydrogens (tertiary/aromatic N) is 3. The minimum atomic E-state index is -0.546. The summed E-state index contributed by atoms with van der Waals surface area (Å²) in [5.74, 6) is -0.526. The molecule has 0 radical (unpaired) electrons. The summed E-state index contributed by atoms with van der Waals surface area (Å²) in [4.78, 5) is 22.7. The van der Waals surface area contributed by atoms with E-state index in [1.807, 2.05) is 35.0 Å². The summed E-state index contributed by atoms with van der Waals surface area (Å²) in [6.45, 7) is 4.42. The number of hydrazone groups is 1. The van der Waals surface area contributed by atoms with E-state index in [1.165, 1.54) is 24.3 Å². The van der Waals surface area contributed by atoms with Crippen LogP contribution in [0.15, 0.2) is 76.9 Å². The maximum atomic E-state index is 12.3. The van der Waals surface area contributed by atoms with Crippen LogP contribution < -0.4 is 5.43 Å². The van der Waals surface area contributed by atoms with E-state index in [1.54, 1.807) is 12.3 Å². The lowest BCUT2D eigenvalue weighted by Crippen LogP contribution is -2.16. The molecule has 8 heteroatoms. The van der Waals surface area contributed by atoms with Crippen LogP contribution >= 0.6 is 0 Å². The van der Waals surface area contributed by atoms with Crippen LogP contribution in [-0.2, 0) is 6.54 Å². The third-order valence-corrected chi connectivity index (χ3v) is 4.45. The van der Waals surface area contributed by atoms with Crippen molar-refractivity contribution in [2.75, 3.05) is 0 Å². The number of para-hydroxylation sites is 1. The van der Waals surface area contributed by atoms with Gasteiger partial charge in [0.2, 0.25) is 0 Å². The molecule has 4 aromatic rings. The first kappa shape index (κ1) is 18.2. The van der Waals surface area contributed by atoms with Gasteiger partial charge in [-0.3, -0.25) is 14.9 Å². The molecule has 0 fully saturated rings. The molecule has 0 saturated carbocycles. The number of fused-ring (bicyclic) bond motifs is 2. The highest BCUT2D eigenvalue weighted by Gasteiger charge is 2.14. The molecule has 0 spiro atoms. The number of nitro benzene ring substituents is 1. The number of rotatable bonds is 6. The molecule has 144 valence electrons. The average Bonchev–Trinajstić information content (AvgIpc) is 3.30. The highest BCUT2D eigenvalue weighted by molar-refractivity contribution is 6.01. The molecule has 1 N–H and O–H groups in total. The first-order valence-corrected chi connectivity index (χ1v) is 8.77. The quantitative estimate of drug-likeness (QED) is 0.231. The van der Waals surface area contributed by atoms with Crippen LogP contribution in [0, 0.1) is 10.1 Å². The zero-order valence-electron chi connectivity index (χ0n) is 15.2. The standard InChI is InChI=1S/C21H16N4O4/c1-2-9-24-13-15(17-5-3-4-6-18(17)24)12-22-23-21(26)20-11-14-10-16(25(27)28)7-8-19(14)29-20/h2-8,10-13H,1,9H2,(H,23,26)/b22-12-. The van der Waals surface area contributed by atoms with E-state index in [-0.39, 0.29) is 11.4 Å². The van der Waals surface area contributed by atoms with E-state index >= 15 is 0 Å². The Kier molecular flexibility index (Phi) is 4.66. The van der Waals surface area contributed by atoms with Crippen LogP contribution in [0.25, 0.3) is 21.9 Å². The third kappa shape index (κ3) is 3.51. The second-order valence-corrected chi connectivity index (χ2v) is 6.33. The van der Waals surface area contributed by atoms with Gasteiger partial charge in [0.15, 0.2) is 5.76 Å². The lowest BCUT2D eigenvalue weighted by molar-refractivity contribution is -0.384. The number of hydrogen-bond acceptors (Lipinski definition) is 5. The average molecular weight is 388 g/mol. The van der Waals surface area contributed by atoms with Crippen LogP contribution in [0.3, 0.4) is 0 Å². The van der Waals surface area contributed by atoms with E-state index in [0.29, 0.717) is 17.5 Å². The van der Waals surface area contributed by atoms with Crippen molar-refractivity contribution >= 4 is 39.7 Å². The molecule has 0 bridgehead atoms. The fraction of sp³-hybridized carbons (Fsp3) is 0.0476. The lowest BCUT2D eigenvalue weighted by Gasteiger charge is -1.98. The van der Waals surface area contributed by atoms with Crippen molar-refractivity contribution in [3.63, 3.8) is 0 Å². The SMILES string of the molecule is C=CCn1cc(/C=N\NC(=O)c2cc3cc([N+](=O)[O-])ccc3o2)c2ccccc21. The number of carbonyl (C=O) groups is 1. The number of aromatic nitrogens is 1. The molecule has 2 heterocycles. The van der Waals surface area contributed by atoms with Crippen LogP contribution in [0.1, 0.15) is 16.1 Å². The first-order chi connectivity index (χ1) is 14.1. The number of nitrogens with one attached hydrogen (secondary N) is 1. The van der Waals surface area contributed by atoms with Gasteiger partial charge < -0.3 is 8.98 Å². The number of nitro groups is 1. The Bertz CT molecular complexity index is 1280. The van der Waals surface area contributed by atoms with Crippen LogP contribution in [0.5, 0.6) is 0 Å². The van der Waals surface area contributed by atoms with E-state index in [0.717, 1.165) is 16.5 Å². The number of allylic oxidation sites excluding steroid dienone is 1. The summed E-state index contributed by atoms with van der Waals surface area (Å²) >= 11 is 0. The number of non-ortho nitro benzene ring substituents is 1. The minimum Gasteiger partial charge on any atom is -0.451 e. The molecule has 0 unspecified atom stereocenters. The Labute approximate surface area is 164 Å². The first-order valence-electron chi connectivity index (χ1n) is 8.77. The fourth-order valence-corrected chi connectivity index (χ4v) is 3.14. The number of carbonyl (C=O) groups excluding carboxylic acids is 1. The maximum Gasteiger partial charge on any atom is 0.307 e. The van der Waals surface area contributed by atoms with Gasteiger partial charge in [0.05, 0.1) is 11.1 Å². The third-order valence-electron chi connectivity index (χ3n) is 4.45. The number of benzene rings is 2. The van der Waals surface area contributed by atoms with Gasteiger partial charge in [0, 0.05) is 46.7 Å². The van der Waals surface area contributed by atoms with E-state index < -0.39 is 10.8 Å². The summed E-state index contributed by atoms with van der Waals surface area (Å²) in [6, 6.07) is 13.5. The van der Waals surface area contributed by atoms with Crippen molar-refractivity contribution in [3.8, 4) is 0 Å². The van der Waals surface area contributed by atoms with Crippen LogP contribution in [0.4, 0.5) is 5.69 Å². The topological polar surface area (TPSA) is 103 Å². The van der Waals surface area contributed by atoms with Gasteiger partial charge in [0.25, 0.3) is 5.69 Å². The molecule has 0 aliphatic carbocycles. The molecule has 2 aromatic heterocycles. The van der Waals surface area contributed by atoms with Crippen molar-refractivity contribution < 1.29 is 14.1 Å². The number of amides is 1. The Balaban J connectivity index is 1.54. The van der Waals surface area contributed by atoms with Gasteiger partial charge in [-0.1, -0.05) is 24.3 Å². The summed E-state index contributed by atoms with van der Waals surface area (Å²) < 4.78 is 7.49. The van der Waals surface area contributed by atoms with Gasteiger partial charge in [-0.05, 0) is 18.2 Å². The van der Waals surface area contributed by atoms with E-state index in [4.69, 9.17) is 4.42 Å². The van der Waals surface area contributed by atoms with Gasteiger partial charge in [-0.25, -0.2) is 5.43 Å².